The first-order valence-corrected chi connectivity index (χ1v) is 15.1. The van der Waals surface area contributed by atoms with Crippen molar-refractivity contribution < 1.29 is 46.8 Å². The monoisotopic (exact) mass is 639 g/mol. The fourth-order valence-corrected chi connectivity index (χ4v) is 4.90. The van der Waals surface area contributed by atoms with Crippen LogP contribution in [0.15, 0.2) is 34.3 Å². The van der Waals surface area contributed by atoms with Gasteiger partial charge in [-0.25, -0.2) is 0 Å². The molecule has 1 radical (unpaired) electrons. The Morgan fingerprint density at radius 1 is 0.721 bits per heavy atom. The molecule has 1 aliphatic rings. The van der Waals surface area contributed by atoms with E-state index in [4.69, 9.17) is 29.8 Å². The van der Waals surface area contributed by atoms with Crippen molar-refractivity contribution in [1.82, 2.24) is 0 Å². The maximum atomic E-state index is 10.6. The summed E-state index contributed by atoms with van der Waals surface area (Å²) in [5.41, 5.74) is 6.24. The van der Waals surface area contributed by atoms with Gasteiger partial charge in [0.15, 0.2) is 0 Å². The summed E-state index contributed by atoms with van der Waals surface area (Å²) >= 11 is 0. The smallest absolute Gasteiger partial charge is 0.550 e. The van der Waals surface area contributed by atoms with Gasteiger partial charge >= 0.3 is 16.8 Å². The van der Waals surface area contributed by atoms with Crippen molar-refractivity contribution in [2.75, 3.05) is 0 Å². The number of benzene rings is 2. The van der Waals surface area contributed by atoms with Gasteiger partial charge in [-0.15, -0.1) is 0 Å². The molecule has 0 aromatic heterocycles. The standard InChI is InChI=1S/C30H42N2O2.2C2H4O2.Co/c1-5-9-21-15-23(7-3)29(33)25(17-21)19-31-27-11-13-28(14-12-27)32-20-26-18-22(10-6-2)16-24(8-4)30(26)34;2*1-2(3)4;/h15-20,27-28,33-34H,5-14H2,1-4H3;2*1H3,(H,3,4);/q;;;+2/p-2. The molecule has 239 valence electrons. The third kappa shape index (κ3) is 15.2. The second-order valence-electron chi connectivity index (χ2n) is 10.6. The Hall–Kier alpha value is -3.17. The second kappa shape index (κ2) is 21.5. The molecule has 0 bridgehead atoms. The first-order chi connectivity index (χ1) is 19.9. The Bertz CT molecular complexity index is 1100. The number of phenols is 2. The molecular weight excluding hydrogens is 591 g/mol. The van der Waals surface area contributed by atoms with Crippen molar-refractivity contribution in [3.8, 4) is 11.5 Å². The zero-order chi connectivity index (χ0) is 31.7. The number of aliphatic imine (C=N–C) groups is 2. The Balaban J connectivity index is 0.00000174. The van der Waals surface area contributed by atoms with E-state index in [1.54, 1.807) is 0 Å². The predicted octanol–water partition coefficient (Wildman–Crippen LogP) is 4.49. The van der Waals surface area contributed by atoms with Gasteiger partial charge < -0.3 is 30.0 Å². The van der Waals surface area contributed by atoms with E-state index in [9.17, 15) is 10.2 Å². The largest absolute Gasteiger partial charge is 2.00 e. The third-order valence-corrected chi connectivity index (χ3v) is 6.91. The Morgan fingerprint density at radius 3 is 1.28 bits per heavy atom. The molecule has 0 unspecified atom stereocenters. The normalized spacial score (nSPS) is 16.0. The van der Waals surface area contributed by atoms with E-state index in [-0.39, 0.29) is 28.9 Å². The number of aryl methyl sites for hydroxylation is 4. The van der Waals surface area contributed by atoms with Crippen molar-refractivity contribution in [2.45, 2.75) is 118 Å². The van der Waals surface area contributed by atoms with Gasteiger partial charge in [0.1, 0.15) is 11.5 Å². The molecule has 2 N–H and O–H groups in total. The molecule has 0 spiro atoms. The minimum Gasteiger partial charge on any atom is -0.550 e. The van der Waals surface area contributed by atoms with E-state index in [2.05, 4.69) is 52.0 Å². The maximum Gasteiger partial charge on any atom is 2.00 e. The molecule has 43 heavy (non-hydrogen) atoms. The Morgan fingerprint density at radius 2 is 1.02 bits per heavy atom. The molecule has 0 aliphatic heterocycles. The van der Waals surface area contributed by atoms with Gasteiger partial charge in [0.2, 0.25) is 0 Å². The van der Waals surface area contributed by atoms with Crippen LogP contribution in [0.25, 0.3) is 0 Å². The van der Waals surface area contributed by atoms with Crippen LogP contribution < -0.4 is 10.2 Å². The number of carboxylic acids is 2. The minimum absolute atomic E-state index is 0. The average molecular weight is 640 g/mol. The Kier molecular flexibility index (Phi) is 19.9. The topological polar surface area (TPSA) is 145 Å². The van der Waals surface area contributed by atoms with Crippen LogP contribution in [0.5, 0.6) is 11.5 Å². The number of nitrogens with zero attached hydrogens (tertiary/aromatic N) is 2. The van der Waals surface area contributed by atoms with Crippen molar-refractivity contribution >= 4 is 24.4 Å². The molecule has 9 heteroatoms. The number of hydrogen-bond acceptors (Lipinski definition) is 8. The van der Waals surface area contributed by atoms with Gasteiger partial charge in [-0.3, -0.25) is 9.98 Å². The van der Waals surface area contributed by atoms with Crippen LogP contribution in [0.2, 0.25) is 0 Å². The van der Waals surface area contributed by atoms with E-state index in [0.717, 1.165) is 100 Å². The predicted molar refractivity (Wildman–Crippen MR) is 166 cm³/mol. The number of rotatable bonds is 10. The molecular formula is C34H48CoN2O6. The SMILES string of the molecule is CC(=O)[O-].CC(=O)[O-].CCCc1cc(C=NC2CCC(N=Cc3cc(CCC)cc(CC)c3O)CC2)c(O)c(CC)c1.[Co+2]. The zero-order valence-electron chi connectivity index (χ0n) is 26.4. The van der Waals surface area contributed by atoms with Crippen LogP contribution in [-0.4, -0.2) is 46.7 Å². The molecule has 1 aliphatic carbocycles. The summed E-state index contributed by atoms with van der Waals surface area (Å²) in [6.07, 6.45) is 13.6. The molecule has 1 saturated carbocycles. The summed E-state index contributed by atoms with van der Waals surface area (Å²) in [6.45, 7) is 10.5. The molecule has 0 saturated heterocycles. The summed E-state index contributed by atoms with van der Waals surface area (Å²) in [7, 11) is 0. The number of carbonyl (C=O) groups is 2. The van der Waals surface area contributed by atoms with Gasteiger partial charge in [-0.2, -0.15) is 0 Å². The summed E-state index contributed by atoms with van der Waals surface area (Å²) in [5, 5.41) is 39.0. The number of aliphatic carboxylic acids is 2. The van der Waals surface area contributed by atoms with Gasteiger partial charge in [0.05, 0.1) is 12.1 Å². The molecule has 0 amide bonds. The molecule has 0 atom stereocenters. The van der Waals surface area contributed by atoms with E-state index in [1.807, 2.05) is 12.4 Å². The fourth-order valence-electron chi connectivity index (χ4n) is 4.90. The first-order valence-electron chi connectivity index (χ1n) is 15.1. The van der Waals surface area contributed by atoms with Crippen LogP contribution in [-0.2, 0) is 52.1 Å². The van der Waals surface area contributed by atoms with E-state index in [1.165, 1.54) is 11.1 Å². The van der Waals surface area contributed by atoms with E-state index < -0.39 is 11.9 Å². The number of aromatic hydroxyl groups is 2. The third-order valence-electron chi connectivity index (χ3n) is 6.91. The van der Waals surface area contributed by atoms with E-state index in [0.29, 0.717) is 11.5 Å². The van der Waals surface area contributed by atoms with E-state index >= 15 is 0 Å². The van der Waals surface area contributed by atoms with Crippen LogP contribution in [0, 0.1) is 0 Å². The number of hydrogen-bond donors (Lipinski definition) is 2. The number of phenolic OH excluding ortho intramolecular Hbond substituents is 2. The molecule has 1 fully saturated rings. The van der Waals surface area contributed by atoms with Gasteiger partial charge in [-0.1, -0.05) is 52.7 Å². The van der Waals surface area contributed by atoms with Crippen LogP contribution >= 0.6 is 0 Å². The number of carboxylic acid groups (broad SMARTS) is 2. The second-order valence-corrected chi connectivity index (χ2v) is 10.6. The maximum absolute atomic E-state index is 10.6. The summed E-state index contributed by atoms with van der Waals surface area (Å²) in [5.74, 6) is -1.41. The average Bonchev–Trinajstić information content (AvgIpc) is 2.93. The first kappa shape index (κ1) is 39.8. The summed E-state index contributed by atoms with van der Waals surface area (Å²) < 4.78 is 0. The summed E-state index contributed by atoms with van der Waals surface area (Å²) in [4.78, 5) is 27.4. The summed E-state index contributed by atoms with van der Waals surface area (Å²) in [6, 6.07) is 8.97. The molecule has 0 heterocycles. The number of carbonyl (C=O) groups excluding carboxylic acids is 2. The molecule has 2 aromatic rings. The van der Waals surface area contributed by atoms with Crippen LogP contribution in [0.4, 0.5) is 0 Å². The quantitative estimate of drug-likeness (QED) is 0.367. The van der Waals surface area contributed by atoms with Gasteiger partial charge in [0, 0.05) is 35.5 Å². The van der Waals surface area contributed by atoms with Gasteiger partial charge in [-0.05, 0) is 99.6 Å². The fraction of sp³-hybridized carbons (Fsp3) is 0.529. The van der Waals surface area contributed by atoms with Gasteiger partial charge in [0.25, 0.3) is 0 Å². The van der Waals surface area contributed by atoms with Crippen molar-refractivity contribution in [3.05, 3.63) is 57.6 Å². The molecule has 2 aromatic carbocycles. The van der Waals surface area contributed by atoms with Crippen LogP contribution in [0.1, 0.15) is 113 Å². The van der Waals surface area contributed by atoms with Crippen molar-refractivity contribution in [3.63, 3.8) is 0 Å². The van der Waals surface area contributed by atoms with Crippen LogP contribution in [0.3, 0.4) is 0 Å². The van der Waals surface area contributed by atoms with Crippen molar-refractivity contribution in [2.24, 2.45) is 9.98 Å². The Labute approximate surface area is 267 Å². The minimum atomic E-state index is -1.08. The van der Waals surface area contributed by atoms with Crippen molar-refractivity contribution in [1.29, 1.82) is 0 Å². The molecule has 8 nitrogen and oxygen atoms in total. The zero-order valence-corrected chi connectivity index (χ0v) is 27.5. The molecule has 3 rings (SSSR count).